The summed E-state index contributed by atoms with van der Waals surface area (Å²) in [6.07, 6.45) is 67.7. The molecule has 0 bridgehead atoms. The van der Waals surface area contributed by atoms with E-state index >= 15 is 0 Å². The Balaban J connectivity index is 3.41. The largest absolute Gasteiger partial charge is 0.394 e. The Morgan fingerprint density at radius 3 is 0.932 bits per heavy atom. The van der Waals surface area contributed by atoms with E-state index in [9.17, 15) is 15.0 Å². The van der Waals surface area contributed by atoms with Crippen molar-refractivity contribution < 1.29 is 15.0 Å². The van der Waals surface area contributed by atoms with Crippen LogP contribution in [0.15, 0.2) is 24.3 Å². The van der Waals surface area contributed by atoms with E-state index in [4.69, 9.17) is 0 Å². The molecule has 0 aliphatic rings. The van der Waals surface area contributed by atoms with Gasteiger partial charge in [0.1, 0.15) is 0 Å². The lowest BCUT2D eigenvalue weighted by atomic mass is 10.0. The van der Waals surface area contributed by atoms with Crippen molar-refractivity contribution in [3.8, 4) is 0 Å². The third-order valence-electron chi connectivity index (χ3n) is 12.7. The van der Waals surface area contributed by atoms with Crippen molar-refractivity contribution in [2.24, 2.45) is 0 Å². The first-order valence-electron chi connectivity index (χ1n) is 27.1. The lowest BCUT2D eigenvalue weighted by molar-refractivity contribution is -0.123. The Bertz CT molecular complexity index is 855. The molecule has 3 N–H and O–H groups in total. The van der Waals surface area contributed by atoms with Gasteiger partial charge in [0.15, 0.2) is 0 Å². The smallest absolute Gasteiger partial charge is 0.220 e. The molecule has 1 amide bonds. The van der Waals surface area contributed by atoms with Crippen molar-refractivity contribution in [2.45, 2.75) is 315 Å². The van der Waals surface area contributed by atoms with E-state index in [0.717, 1.165) is 25.7 Å². The molecule has 2 unspecified atom stereocenters. The molecule has 350 valence electrons. The second-order valence-electron chi connectivity index (χ2n) is 18.7. The van der Waals surface area contributed by atoms with Crippen molar-refractivity contribution in [3.63, 3.8) is 0 Å². The summed E-state index contributed by atoms with van der Waals surface area (Å²) in [5.41, 5.74) is 0. The zero-order valence-corrected chi connectivity index (χ0v) is 40.3. The number of aliphatic hydroxyl groups is 2. The molecular weight excluding hydrogens is 723 g/mol. The van der Waals surface area contributed by atoms with Crippen molar-refractivity contribution in [2.75, 3.05) is 6.61 Å². The second kappa shape index (κ2) is 51.2. The average Bonchev–Trinajstić information content (AvgIpc) is 3.24. The number of amides is 1. The summed E-state index contributed by atoms with van der Waals surface area (Å²) in [5, 5.41) is 23.1. The van der Waals surface area contributed by atoms with Gasteiger partial charge < -0.3 is 15.5 Å². The van der Waals surface area contributed by atoms with Crippen LogP contribution in [-0.4, -0.2) is 34.9 Å². The minimum absolute atomic E-state index is 0.0588. The van der Waals surface area contributed by atoms with E-state index in [1.165, 1.54) is 257 Å². The predicted octanol–water partition coefficient (Wildman–Crippen LogP) is 17.5. The monoisotopic (exact) mass is 830 g/mol. The normalized spacial score (nSPS) is 12.9. The standard InChI is InChI=1S/C55H107NO3/c1-3-5-7-9-11-13-15-17-19-20-21-22-23-24-25-26-27-28-29-30-31-32-33-34-35-36-37-39-41-43-45-47-49-51-55(59)56-53(52-57)54(58)50-48-46-44-42-40-38-18-16-14-12-10-8-6-4-2/h20-21,48,50,53-54,57-58H,3-19,22-47,49,51-52H2,1-2H3,(H,56,59)/b21-20-,50-48+. The molecule has 0 aromatic heterocycles. The van der Waals surface area contributed by atoms with Gasteiger partial charge in [-0.15, -0.1) is 0 Å². The number of rotatable bonds is 50. The molecule has 0 radical (unpaired) electrons. The molecule has 4 nitrogen and oxygen atoms in total. The molecule has 59 heavy (non-hydrogen) atoms. The maximum Gasteiger partial charge on any atom is 0.220 e. The number of unbranched alkanes of at least 4 members (excludes halogenated alkanes) is 41. The van der Waals surface area contributed by atoms with Crippen LogP contribution in [0, 0.1) is 0 Å². The van der Waals surface area contributed by atoms with Crippen LogP contribution in [0.3, 0.4) is 0 Å². The van der Waals surface area contributed by atoms with Crippen molar-refractivity contribution >= 4 is 5.91 Å². The summed E-state index contributed by atoms with van der Waals surface area (Å²) < 4.78 is 0. The lowest BCUT2D eigenvalue weighted by Gasteiger charge is -2.20. The summed E-state index contributed by atoms with van der Waals surface area (Å²) in [7, 11) is 0. The van der Waals surface area contributed by atoms with Crippen LogP contribution in [0.1, 0.15) is 303 Å². The average molecular weight is 830 g/mol. The number of carbonyl (C=O) groups excluding carboxylic acids is 1. The van der Waals surface area contributed by atoms with E-state index in [2.05, 4.69) is 31.3 Å². The van der Waals surface area contributed by atoms with Crippen molar-refractivity contribution in [1.29, 1.82) is 0 Å². The molecule has 0 aromatic rings. The number of hydrogen-bond acceptors (Lipinski definition) is 3. The van der Waals surface area contributed by atoms with Gasteiger partial charge in [0.25, 0.3) is 0 Å². The van der Waals surface area contributed by atoms with Gasteiger partial charge in [-0.2, -0.15) is 0 Å². The molecule has 0 saturated carbocycles. The van der Waals surface area contributed by atoms with Crippen molar-refractivity contribution in [3.05, 3.63) is 24.3 Å². The summed E-state index contributed by atoms with van der Waals surface area (Å²) in [5.74, 6) is -0.0588. The van der Waals surface area contributed by atoms with Crippen LogP contribution < -0.4 is 5.32 Å². The molecule has 0 aliphatic heterocycles. The number of allylic oxidation sites excluding steroid dienone is 3. The first kappa shape index (κ1) is 57.9. The Labute approximate surface area is 370 Å². The van der Waals surface area contributed by atoms with Crippen LogP contribution in [0.4, 0.5) is 0 Å². The van der Waals surface area contributed by atoms with E-state index < -0.39 is 12.1 Å². The van der Waals surface area contributed by atoms with Gasteiger partial charge in [0.05, 0.1) is 18.8 Å². The number of aliphatic hydroxyl groups excluding tert-OH is 2. The quantitative estimate of drug-likeness (QED) is 0.0422. The topological polar surface area (TPSA) is 69.6 Å². The number of carbonyl (C=O) groups is 1. The van der Waals surface area contributed by atoms with E-state index in [-0.39, 0.29) is 12.5 Å². The zero-order valence-electron chi connectivity index (χ0n) is 40.3. The van der Waals surface area contributed by atoms with E-state index in [0.29, 0.717) is 6.42 Å². The summed E-state index contributed by atoms with van der Waals surface area (Å²) in [6.45, 7) is 4.33. The molecule has 0 heterocycles. The van der Waals surface area contributed by atoms with Crippen LogP contribution >= 0.6 is 0 Å². The van der Waals surface area contributed by atoms with Crippen LogP contribution in [0.25, 0.3) is 0 Å². The maximum absolute atomic E-state index is 12.4. The van der Waals surface area contributed by atoms with Crippen LogP contribution in [-0.2, 0) is 4.79 Å². The Morgan fingerprint density at radius 1 is 0.390 bits per heavy atom. The number of nitrogens with one attached hydrogen (secondary N) is 1. The third-order valence-corrected chi connectivity index (χ3v) is 12.7. The van der Waals surface area contributed by atoms with Gasteiger partial charge in [-0.1, -0.05) is 276 Å². The number of hydrogen-bond donors (Lipinski definition) is 3. The summed E-state index contributed by atoms with van der Waals surface area (Å²) >= 11 is 0. The molecule has 0 rings (SSSR count). The Hall–Kier alpha value is -1.13. The van der Waals surface area contributed by atoms with Crippen LogP contribution in [0.2, 0.25) is 0 Å². The van der Waals surface area contributed by atoms with Crippen LogP contribution in [0.5, 0.6) is 0 Å². The fraction of sp³-hybridized carbons (Fsp3) is 0.909. The molecule has 0 aliphatic carbocycles. The summed E-state index contributed by atoms with van der Waals surface area (Å²) in [4.78, 5) is 12.4. The molecular formula is C55H107NO3. The first-order valence-corrected chi connectivity index (χ1v) is 27.1. The van der Waals surface area contributed by atoms with Gasteiger partial charge in [0.2, 0.25) is 5.91 Å². The van der Waals surface area contributed by atoms with Gasteiger partial charge in [-0.25, -0.2) is 0 Å². The lowest BCUT2D eigenvalue weighted by Crippen LogP contribution is -2.45. The van der Waals surface area contributed by atoms with Crippen molar-refractivity contribution in [1.82, 2.24) is 5.32 Å². The molecule has 0 aromatic carbocycles. The Morgan fingerprint density at radius 2 is 0.644 bits per heavy atom. The fourth-order valence-electron chi connectivity index (χ4n) is 8.53. The van der Waals surface area contributed by atoms with Gasteiger partial charge in [-0.05, 0) is 44.9 Å². The molecule has 4 heteroatoms. The fourth-order valence-corrected chi connectivity index (χ4v) is 8.53. The zero-order chi connectivity index (χ0) is 42.8. The third kappa shape index (κ3) is 47.8. The molecule has 2 atom stereocenters. The minimum atomic E-state index is -0.835. The Kier molecular flexibility index (Phi) is 50.2. The van der Waals surface area contributed by atoms with Gasteiger partial charge in [0, 0.05) is 6.42 Å². The highest BCUT2D eigenvalue weighted by Crippen LogP contribution is 2.17. The van der Waals surface area contributed by atoms with E-state index in [1.54, 1.807) is 6.08 Å². The minimum Gasteiger partial charge on any atom is -0.394 e. The highest BCUT2D eigenvalue weighted by Gasteiger charge is 2.18. The maximum atomic E-state index is 12.4. The first-order chi connectivity index (χ1) is 29.2. The molecule has 0 fully saturated rings. The van der Waals surface area contributed by atoms with Gasteiger partial charge in [-0.3, -0.25) is 4.79 Å². The highest BCUT2D eigenvalue weighted by molar-refractivity contribution is 5.76. The predicted molar refractivity (Wildman–Crippen MR) is 262 cm³/mol. The van der Waals surface area contributed by atoms with Gasteiger partial charge >= 0.3 is 0 Å². The molecule has 0 saturated heterocycles. The highest BCUT2D eigenvalue weighted by atomic mass is 16.3. The second-order valence-corrected chi connectivity index (χ2v) is 18.7. The molecule has 0 spiro atoms. The summed E-state index contributed by atoms with van der Waals surface area (Å²) in [6, 6.07) is -0.618. The SMILES string of the molecule is CCCCCCCCCC/C=C\CCCCCCCCCCCCCCCCCCCCCCCC(=O)NC(CO)C(O)/C=C/CCCCCCCCCCCCCC. The van der Waals surface area contributed by atoms with E-state index in [1.807, 2.05) is 6.08 Å².